The molecule has 86 valence electrons. The van der Waals surface area contributed by atoms with E-state index in [9.17, 15) is 4.79 Å². The van der Waals surface area contributed by atoms with Gasteiger partial charge in [-0.25, -0.2) is 10.8 Å². The Hall–Kier alpha value is -1.40. The first-order valence-electron chi connectivity index (χ1n) is 5.21. The first-order valence-corrected chi connectivity index (χ1v) is 6.02. The van der Waals surface area contributed by atoms with Crippen LogP contribution in [0.4, 0.5) is 5.95 Å². The molecule has 16 heavy (non-hydrogen) atoms. The van der Waals surface area contributed by atoms with Crippen molar-refractivity contribution in [3.63, 3.8) is 0 Å². The van der Waals surface area contributed by atoms with Crippen molar-refractivity contribution in [2.45, 2.75) is 26.8 Å². The van der Waals surface area contributed by atoms with Crippen LogP contribution in [-0.2, 0) is 13.0 Å². The molecule has 0 saturated carbocycles. The van der Waals surface area contributed by atoms with Crippen molar-refractivity contribution in [3.8, 4) is 0 Å². The quantitative estimate of drug-likeness (QED) is 0.625. The smallest absolute Gasteiger partial charge is 0.263 e. The van der Waals surface area contributed by atoms with Crippen LogP contribution in [0, 0.1) is 0 Å². The number of hydrogen-bond donors (Lipinski definition) is 2. The summed E-state index contributed by atoms with van der Waals surface area (Å²) in [5, 5.41) is 0.683. The van der Waals surface area contributed by atoms with Crippen molar-refractivity contribution in [2.24, 2.45) is 5.84 Å². The number of thiophene rings is 1. The van der Waals surface area contributed by atoms with Crippen molar-refractivity contribution in [3.05, 3.63) is 21.3 Å². The summed E-state index contributed by atoms with van der Waals surface area (Å²) >= 11 is 1.54. The molecule has 0 radical (unpaired) electrons. The van der Waals surface area contributed by atoms with Crippen LogP contribution in [0.5, 0.6) is 0 Å². The molecule has 0 aliphatic heterocycles. The number of nitrogens with two attached hydrogens (primary N) is 1. The maximum Gasteiger partial charge on any atom is 0.263 e. The van der Waals surface area contributed by atoms with E-state index in [1.54, 1.807) is 11.3 Å². The van der Waals surface area contributed by atoms with Crippen molar-refractivity contribution >= 4 is 27.5 Å². The van der Waals surface area contributed by atoms with Gasteiger partial charge in [-0.1, -0.05) is 6.92 Å². The molecule has 0 atom stereocenters. The van der Waals surface area contributed by atoms with Crippen molar-refractivity contribution in [1.29, 1.82) is 0 Å². The SMILES string of the molecule is CCc1cc2c(=O)n(CC)c(NN)nc2s1. The highest BCUT2D eigenvalue weighted by atomic mass is 32.1. The van der Waals surface area contributed by atoms with Gasteiger partial charge in [0.1, 0.15) is 4.83 Å². The Kier molecular flexibility index (Phi) is 2.93. The van der Waals surface area contributed by atoms with Crippen molar-refractivity contribution in [1.82, 2.24) is 9.55 Å². The first-order chi connectivity index (χ1) is 7.71. The summed E-state index contributed by atoms with van der Waals surface area (Å²) in [6.07, 6.45) is 0.915. The molecule has 6 heteroatoms. The molecule has 2 aromatic heterocycles. The lowest BCUT2D eigenvalue weighted by atomic mass is 10.3. The van der Waals surface area contributed by atoms with Gasteiger partial charge in [-0.15, -0.1) is 11.3 Å². The van der Waals surface area contributed by atoms with E-state index in [-0.39, 0.29) is 5.56 Å². The number of hydrazine groups is 1. The molecule has 0 aromatic carbocycles. The third kappa shape index (κ3) is 1.60. The second-order valence-corrected chi connectivity index (χ2v) is 4.53. The summed E-state index contributed by atoms with van der Waals surface area (Å²) < 4.78 is 1.54. The Bertz CT molecular complexity index is 572. The Balaban J connectivity index is 2.79. The second kappa shape index (κ2) is 4.23. The minimum Gasteiger partial charge on any atom is -0.294 e. The van der Waals surface area contributed by atoms with Crippen LogP contribution in [0.3, 0.4) is 0 Å². The van der Waals surface area contributed by atoms with Crippen LogP contribution < -0.4 is 16.8 Å². The van der Waals surface area contributed by atoms with Gasteiger partial charge in [0.15, 0.2) is 0 Å². The molecule has 0 bridgehead atoms. The standard InChI is InChI=1S/C10H14N4OS/c1-3-6-5-7-8(16-6)12-10(13-11)14(4-2)9(7)15/h5H,3-4,11H2,1-2H3,(H,12,13). The van der Waals surface area contributed by atoms with Crippen LogP contribution >= 0.6 is 11.3 Å². The van der Waals surface area contributed by atoms with E-state index in [1.165, 1.54) is 4.57 Å². The molecule has 5 nitrogen and oxygen atoms in total. The summed E-state index contributed by atoms with van der Waals surface area (Å²) in [6.45, 7) is 4.51. The topological polar surface area (TPSA) is 72.9 Å². The highest BCUT2D eigenvalue weighted by Crippen LogP contribution is 2.22. The number of rotatable bonds is 3. The molecule has 0 amide bonds. The molecule has 0 saturated heterocycles. The molecule has 2 rings (SSSR count). The lowest BCUT2D eigenvalue weighted by Crippen LogP contribution is -2.26. The van der Waals surface area contributed by atoms with E-state index in [1.807, 2.05) is 13.0 Å². The summed E-state index contributed by atoms with van der Waals surface area (Å²) in [7, 11) is 0. The van der Waals surface area contributed by atoms with Gasteiger partial charge in [-0.05, 0) is 19.4 Å². The average Bonchev–Trinajstić information content (AvgIpc) is 2.72. The van der Waals surface area contributed by atoms with E-state index in [4.69, 9.17) is 5.84 Å². The minimum atomic E-state index is -0.0311. The molecule has 2 heterocycles. The number of hydrogen-bond acceptors (Lipinski definition) is 5. The predicted molar refractivity (Wildman–Crippen MR) is 66.7 cm³/mol. The van der Waals surface area contributed by atoms with Crippen LogP contribution in [0.25, 0.3) is 10.2 Å². The molecule has 0 unspecified atom stereocenters. The number of fused-ring (bicyclic) bond motifs is 1. The lowest BCUT2D eigenvalue weighted by Gasteiger charge is -2.07. The fourth-order valence-corrected chi connectivity index (χ4v) is 2.60. The largest absolute Gasteiger partial charge is 0.294 e. The molecule has 0 aliphatic carbocycles. The van der Waals surface area contributed by atoms with Gasteiger partial charge in [0.05, 0.1) is 5.39 Å². The summed E-state index contributed by atoms with van der Waals surface area (Å²) in [4.78, 5) is 18.4. The first kappa shape index (κ1) is 11.1. The Morgan fingerprint density at radius 3 is 2.88 bits per heavy atom. The zero-order chi connectivity index (χ0) is 11.7. The Morgan fingerprint density at radius 2 is 2.31 bits per heavy atom. The zero-order valence-corrected chi connectivity index (χ0v) is 10.1. The van der Waals surface area contributed by atoms with Crippen LogP contribution in [0.2, 0.25) is 0 Å². The van der Waals surface area contributed by atoms with E-state index in [2.05, 4.69) is 17.3 Å². The number of aromatic nitrogens is 2. The van der Waals surface area contributed by atoms with E-state index in [0.29, 0.717) is 17.9 Å². The van der Waals surface area contributed by atoms with Crippen LogP contribution in [0.1, 0.15) is 18.7 Å². The third-order valence-corrected chi connectivity index (χ3v) is 3.67. The van der Waals surface area contributed by atoms with E-state index in [0.717, 1.165) is 16.1 Å². The maximum atomic E-state index is 12.1. The zero-order valence-electron chi connectivity index (χ0n) is 9.28. The van der Waals surface area contributed by atoms with Gasteiger partial charge in [-0.3, -0.25) is 14.8 Å². The summed E-state index contributed by atoms with van der Waals surface area (Å²) in [5.74, 6) is 5.78. The lowest BCUT2D eigenvalue weighted by molar-refractivity contribution is 0.725. The number of anilines is 1. The van der Waals surface area contributed by atoms with Gasteiger partial charge < -0.3 is 0 Å². The molecule has 0 fully saturated rings. The number of nitrogen functional groups attached to an aromatic ring is 1. The van der Waals surface area contributed by atoms with Crippen LogP contribution in [0.15, 0.2) is 10.9 Å². The van der Waals surface area contributed by atoms with Crippen molar-refractivity contribution < 1.29 is 0 Å². The summed E-state index contributed by atoms with van der Waals surface area (Å²) in [6, 6.07) is 1.92. The second-order valence-electron chi connectivity index (χ2n) is 3.41. The molecule has 2 aromatic rings. The predicted octanol–water partition coefficient (Wildman–Crippen LogP) is 1.33. The minimum absolute atomic E-state index is 0.0311. The van der Waals surface area contributed by atoms with Gasteiger partial charge in [0, 0.05) is 11.4 Å². The molecule has 3 N–H and O–H groups in total. The molecule has 0 aliphatic rings. The molecular formula is C10H14N4OS. The molecule has 0 spiro atoms. The average molecular weight is 238 g/mol. The van der Waals surface area contributed by atoms with E-state index < -0.39 is 0 Å². The fourth-order valence-electron chi connectivity index (χ4n) is 1.64. The van der Waals surface area contributed by atoms with Gasteiger partial charge in [0.25, 0.3) is 5.56 Å². The normalized spacial score (nSPS) is 10.9. The Morgan fingerprint density at radius 1 is 1.56 bits per heavy atom. The highest BCUT2D eigenvalue weighted by Gasteiger charge is 2.11. The van der Waals surface area contributed by atoms with Gasteiger partial charge in [0.2, 0.25) is 5.95 Å². The van der Waals surface area contributed by atoms with E-state index >= 15 is 0 Å². The number of nitrogens with zero attached hydrogens (tertiary/aromatic N) is 2. The number of aryl methyl sites for hydroxylation is 1. The fraction of sp³-hybridized carbons (Fsp3) is 0.400. The third-order valence-electron chi connectivity index (χ3n) is 2.50. The van der Waals surface area contributed by atoms with Gasteiger partial charge in [-0.2, -0.15) is 0 Å². The molecular weight excluding hydrogens is 224 g/mol. The van der Waals surface area contributed by atoms with Crippen LogP contribution in [-0.4, -0.2) is 9.55 Å². The number of nitrogens with one attached hydrogen (secondary N) is 1. The summed E-state index contributed by atoms with van der Waals surface area (Å²) in [5.41, 5.74) is 2.43. The van der Waals surface area contributed by atoms with Crippen molar-refractivity contribution in [2.75, 3.05) is 5.43 Å². The monoisotopic (exact) mass is 238 g/mol. The maximum absolute atomic E-state index is 12.1. The highest BCUT2D eigenvalue weighted by molar-refractivity contribution is 7.18. The Labute approximate surface area is 96.9 Å². The van der Waals surface area contributed by atoms with Gasteiger partial charge >= 0.3 is 0 Å².